The van der Waals surface area contributed by atoms with E-state index in [0.717, 1.165) is 48.7 Å². The fourth-order valence-corrected chi connectivity index (χ4v) is 4.43. The molecule has 1 fully saturated rings. The molecule has 5 heterocycles. The maximum Gasteiger partial charge on any atom is 0.252 e. The molecule has 0 N–H and O–H groups in total. The fraction of sp³-hybridized carbons (Fsp3) is 0.350. The molecule has 3 aromatic heterocycles. The molecule has 28 heavy (non-hydrogen) atoms. The number of nitrogens with zero attached hydrogens (tertiary/aromatic N) is 7. The van der Waals surface area contributed by atoms with Crippen molar-refractivity contribution >= 4 is 17.4 Å². The van der Waals surface area contributed by atoms with Crippen molar-refractivity contribution in [1.82, 2.24) is 24.5 Å². The van der Waals surface area contributed by atoms with E-state index in [2.05, 4.69) is 26.8 Å². The van der Waals surface area contributed by atoms with Gasteiger partial charge in [-0.2, -0.15) is 4.98 Å². The van der Waals surface area contributed by atoms with E-state index in [1.165, 1.54) is 0 Å². The second-order valence-corrected chi connectivity index (χ2v) is 7.25. The van der Waals surface area contributed by atoms with Crippen LogP contribution in [0.2, 0.25) is 0 Å². The zero-order valence-corrected chi connectivity index (χ0v) is 15.9. The summed E-state index contributed by atoms with van der Waals surface area (Å²) in [4.78, 5) is 35.0. The minimum Gasteiger partial charge on any atom is -0.340 e. The molecule has 2 aliphatic heterocycles. The molecule has 8 heteroatoms. The van der Waals surface area contributed by atoms with Crippen molar-refractivity contribution in [3.8, 4) is 17.3 Å². The number of rotatable bonds is 3. The second-order valence-electron chi connectivity index (χ2n) is 7.25. The molecule has 5 rings (SSSR count). The summed E-state index contributed by atoms with van der Waals surface area (Å²) in [5, 5.41) is 0. The summed E-state index contributed by atoms with van der Waals surface area (Å²) in [7, 11) is 1.82. The molecule has 2 aliphatic rings. The zero-order chi connectivity index (χ0) is 19.3. The average Bonchev–Trinajstić information content (AvgIpc) is 3.40. The number of pyridine rings is 1. The topological polar surface area (TPSA) is 80.0 Å². The van der Waals surface area contributed by atoms with E-state index in [9.17, 15) is 4.79 Å². The molecule has 142 valence electrons. The monoisotopic (exact) mass is 375 g/mol. The maximum absolute atomic E-state index is 13.1. The van der Waals surface area contributed by atoms with Gasteiger partial charge in [-0.1, -0.05) is 6.92 Å². The SMILES string of the molecule is CCC12CCCN1c1nc(-n3ccnc3-c3cccnc3)ncc1N(C)C2=O. The number of imidazole rings is 1. The summed E-state index contributed by atoms with van der Waals surface area (Å²) in [6.07, 6.45) is 11.4. The number of likely N-dealkylation sites (N-methyl/N-ethyl adjacent to an activating group) is 1. The zero-order valence-electron chi connectivity index (χ0n) is 15.9. The number of carbonyl (C=O) groups excluding carboxylic acids is 1. The van der Waals surface area contributed by atoms with E-state index >= 15 is 0 Å². The summed E-state index contributed by atoms with van der Waals surface area (Å²) in [6, 6.07) is 3.84. The molecule has 0 radical (unpaired) electrons. The Morgan fingerprint density at radius 2 is 2.11 bits per heavy atom. The first kappa shape index (κ1) is 16.9. The van der Waals surface area contributed by atoms with Crippen LogP contribution in [0.4, 0.5) is 11.5 Å². The Morgan fingerprint density at radius 3 is 2.89 bits per heavy atom. The predicted octanol–water partition coefficient (Wildman–Crippen LogP) is 2.45. The van der Waals surface area contributed by atoms with Crippen LogP contribution in [0.1, 0.15) is 26.2 Å². The first-order valence-electron chi connectivity index (χ1n) is 9.52. The van der Waals surface area contributed by atoms with Crippen molar-refractivity contribution in [3.05, 3.63) is 43.1 Å². The van der Waals surface area contributed by atoms with Crippen LogP contribution in [0.5, 0.6) is 0 Å². The van der Waals surface area contributed by atoms with Gasteiger partial charge < -0.3 is 9.80 Å². The van der Waals surface area contributed by atoms with Crippen molar-refractivity contribution < 1.29 is 4.79 Å². The maximum atomic E-state index is 13.1. The summed E-state index contributed by atoms with van der Waals surface area (Å²) in [5.74, 6) is 2.22. The highest BCUT2D eigenvalue weighted by atomic mass is 16.2. The largest absolute Gasteiger partial charge is 0.340 e. The molecular weight excluding hydrogens is 354 g/mol. The van der Waals surface area contributed by atoms with Crippen molar-refractivity contribution in [2.24, 2.45) is 0 Å². The van der Waals surface area contributed by atoms with Crippen molar-refractivity contribution in [2.75, 3.05) is 23.4 Å². The summed E-state index contributed by atoms with van der Waals surface area (Å²) >= 11 is 0. The Labute approximate surface area is 162 Å². The van der Waals surface area contributed by atoms with E-state index in [-0.39, 0.29) is 5.91 Å². The predicted molar refractivity (Wildman–Crippen MR) is 105 cm³/mol. The Hall–Kier alpha value is -3.29. The van der Waals surface area contributed by atoms with Gasteiger partial charge in [0.1, 0.15) is 17.1 Å². The highest BCUT2D eigenvalue weighted by molar-refractivity contribution is 6.07. The number of fused-ring (bicyclic) bond motifs is 3. The summed E-state index contributed by atoms with van der Waals surface area (Å²) in [5.41, 5.74) is 1.15. The quantitative estimate of drug-likeness (QED) is 0.700. The van der Waals surface area contributed by atoms with Crippen LogP contribution in [0.15, 0.2) is 43.1 Å². The lowest BCUT2D eigenvalue weighted by Gasteiger charge is -2.45. The molecule has 1 saturated heterocycles. The van der Waals surface area contributed by atoms with Gasteiger partial charge in [-0.3, -0.25) is 14.3 Å². The Balaban J connectivity index is 1.65. The Kier molecular flexibility index (Phi) is 3.68. The van der Waals surface area contributed by atoms with Crippen LogP contribution in [-0.2, 0) is 4.79 Å². The van der Waals surface area contributed by atoms with Crippen LogP contribution in [0.3, 0.4) is 0 Å². The molecule has 0 aliphatic carbocycles. The number of hydrogen-bond acceptors (Lipinski definition) is 6. The number of aromatic nitrogens is 5. The van der Waals surface area contributed by atoms with Crippen LogP contribution in [0, 0.1) is 0 Å². The van der Waals surface area contributed by atoms with Crippen molar-refractivity contribution in [1.29, 1.82) is 0 Å². The standard InChI is InChI=1S/C20H21N7O/c1-3-20-7-5-10-27(20)17-15(25(2)18(20)28)13-23-19(24-17)26-11-9-22-16(26)14-6-4-8-21-12-14/h4,6,8-9,11-13H,3,5,7,10H2,1-2H3. The molecule has 1 atom stereocenters. The molecule has 3 aromatic rings. The van der Waals surface area contributed by atoms with E-state index in [1.54, 1.807) is 29.7 Å². The molecule has 0 saturated carbocycles. The Morgan fingerprint density at radius 1 is 1.21 bits per heavy atom. The normalized spacial score (nSPS) is 21.0. The lowest BCUT2D eigenvalue weighted by molar-refractivity contribution is -0.123. The van der Waals surface area contributed by atoms with Gasteiger partial charge in [0.2, 0.25) is 5.95 Å². The van der Waals surface area contributed by atoms with Crippen LogP contribution in [-0.4, -0.2) is 49.5 Å². The van der Waals surface area contributed by atoms with Crippen LogP contribution in [0.25, 0.3) is 17.3 Å². The van der Waals surface area contributed by atoms with Gasteiger partial charge in [-0.25, -0.2) is 9.97 Å². The average molecular weight is 375 g/mol. The van der Waals surface area contributed by atoms with E-state index < -0.39 is 5.54 Å². The van der Waals surface area contributed by atoms with Gasteiger partial charge in [0.05, 0.1) is 6.20 Å². The first-order valence-corrected chi connectivity index (χ1v) is 9.52. The smallest absolute Gasteiger partial charge is 0.252 e. The third kappa shape index (κ3) is 2.20. The van der Waals surface area contributed by atoms with Crippen molar-refractivity contribution in [3.63, 3.8) is 0 Å². The fourth-order valence-electron chi connectivity index (χ4n) is 4.43. The van der Waals surface area contributed by atoms with Gasteiger partial charge >= 0.3 is 0 Å². The second kappa shape index (κ2) is 6.12. The Bertz CT molecular complexity index is 1050. The lowest BCUT2D eigenvalue weighted by atomic mass is 9.89. The summed E-state index contributed by atoms with van der Waals surface area (Å²) in [6.45, 7) is 2.91. The molecule has 1 unspecified atom stereocenters. The van der Waals surface area contributed by atoms with E-state index in [4.69, 9.17) is 4.98 Å². The van der Waals surface area contributed by atoms with Crippen LogP contribution < -0.4 is 9.80 Å². The molecule has 0 bridgehead atoms. The summed E-state index contributed by atoms with van der Waals surface area (Å²) < 4.78 is 1.86. The van der Waals surface area contributed by atoms with Crippen molar-refractivity contribution in [2.45, 2.75) is 31.7 Å². The van der Waals surface area contributed by atoms with E-state index in [0.29, 0.717) is 5.95 Å². The van der Waals surface area contributed by atoms with Gasteiger partial charge in [0.25, 0.3) is 5.91 Å². The van der Waals surface area contributed by atoms with E-state index in [1.807, 2.05) is 29.9 Å². The van der Waals surface area contributed by atoms with Gasteiger partial charge in [-0.15, -0.1) is 0 Å². The number of anilines is 2. The molecule has 0 aromatic carbocycles. The highest BCUT2D eigenvalue weighted by Crippen LogP contribution is 2.45. The minimum absolute atomic E-state index is 0.134. The van der Waals surface area contributed by atoms with Gasteiger partial charge in [0.15, 0.2) is 5.82 Å². The minimum atomic E-state index is -0.492. The third-order valence-electron chi connectivity index (χ3n) is 5.91. The molecule has 8 nitrogen and oxygen atoms in total. The number of amides is 1. The van der Waals surface area contributed by atoms with Gasteiger partial charge in [0, 0.05) is 43.9 Å². The van der Waals surface area contributed by atoms with Gasteiger partial charge in [-0.05, 0) is 31.4 Å². The molecule has 0 spiro atoms. The highest BCUT2D eigenvalue weighted by Gasteiger charge is 2.52. The number of hydrogen-bond donors (Lipinski definition) is 0. The number of carbonyl (C=O) groups is 1. The lowest BCUT2D eigenvalue weighted by Crippen LogP contribution is -2.59. The molecular formula is C20H21N7O. The first-order chi connectivity index (χ1) is 13.7. The molecule has 1 amide bonds. The van der Waals surface area contributed by atoms with Crippen LogP contribution >= 0.6 is 0 Å². The third-order valence-corrected chi connectivity index (χ3v) is 5.91.